The topological polar surface area (TPSA) is 51.0 Å². The zero-order valence-corrected chi connectivity index (χ0v) is 14.9. The number of rotatable bonds is 3. The number of amides is 1. The molecular formula is C21H22N4O. The van der Waals surface area contributed by atoms with E-state index in [1.54, 1.807) is 6.20 Å². The van der Waals surface area contributed by atoms with Crippen LogP contribution in [-0.4, -0.2) is 38.9 Å². The van der Waals surface area contributed by atoms with Crippen LogP contribution in [0.1, 0.15) is 34.8 Å². The second kappa shape index (κ2) is 7.12. The normalized spacial score (nSPS) is 15.2. The molecule has 0 aliphatic carbocycles. The summed E-state index contributed by atoms with van der Waals surface area (Å²) in [5.74, 6) is 0.109. The maximum absolute atomic E-state index is 12.8. The van der Waals surface area contributed by atoms with Crippen LogP contribution in [0.15, 0.2) is 60.9 Å². The third-order valence-electron chi connectivity index (χ3n) is 5.08. The Morgan fingerprint density at radius 1 is 0.962 bits per heavy atom. The fraction of sp³-hybridized carbons (Fsp3) is 0.286. The lowest BCUT2D eigenvalue weighted by Crippen LogP contribution is -2.39. The van der Waals surface area contributed by atoms with Crippen LogP contribution >= 0.6 is 0 Å². The number of benzene rings is 2. The van der Waals surface area contributed by atoms with Crippen molar-refractivity contribution in [2.75, 3.05) is 13.1 Å². The summed E-state index contributed by atoms with van der Waals surface area (Å²) >= 11 is 0. The summed E-state index contributed by atoms with van der Waals surface area (Å²) in [5, 5.41) is 7.94. The predicted molar refractivity (Wildman–Crippen MR) is 101 cm³/mol. The molecule has 5 nitrogen and oxygen atoms in total. The lowest BCUT2D eigenvalue weighted by Gasteiger charge is -2.31. The van der Waals surface area contributed by atoms with Crippen LogP contribution in [0.3, 0.4) is 0 Å². The van der Waals surface area contributed by atoms with Gasteiger partial charge >= 0.3 is 0 Å². The van der Waals surface area contributed by atoms with Crippen molar-refractivity contribution >= 4 is 5.91 Å². The molecule has 26 heavy (non-hydrogen) atoms. The SMILES string of the molecule is Cc1ccc(-c2ccc(C(=O)N3CCC(n4ccnn4)CC3)cc2)cc1. The third-order valence-corrected chi connectivity index (χ3v) is 5.08. The Balaban J connectivity index is 1.41. The minimum Gasteiger partial charge on any atom is -0.338 e. The van der Waals surface area contributed by atoms with E-state index in [2.05, 4.69) is 41.5 Å². The molecule has 0 radical (unpaired) electrons. The van der Waals surface area contributed by atoms with Gasteiger partial charge in [0.2, 0.25) is 0 Å². The standard InChI is InChI=1S/C21H22N4O/c1-16-2-4-17(5-3-16)18-6-8-19(9-7-18)21(26)24-13-10-20(11-14-24)25-15-12-22-23-25/h2-9,12,15,20H,10-11,13-14H2,1H3. The zero-order chi connectivity index (χ0) is 17.9. The summed E-state index contributed by atoms with van der Waals surface area (Å²) < 4.78 is 1.90. The molecule has 1 amide bonds. The molecule has 132 valence electrons. The Labute approximate surface area is 153 Å². The predicted octanol–water partition coefficient (Wildman–Crippen LogP) is 3.73. The first kappa shape index (κ1) is 16.5. The largest absolute Gasteiger partial charge is 0.338 e. The van der Waals surface area contributed by atoms with Crippen molar-refractivity contribution in [1.82, 2.24) is 19.9 Å². The van der Waals surface area contributed by atoms with Gasteiger partial charge in [0.25, 0.3) is 5.91 Å². The van der Waals surface area contributed by atoms with Crippen molar-refractivity contribution in [3.8, 4) is 11.1 Å². The molecule has 0 N–H and O–H groups in total. The molecule has 0 spiro atoms. The van der Waals surface area contributed by atoms with E-state index in [1.807, 2.05) is 40.0 Å². The number of piperidine rings is 1. The monoisotopic (exact) mass is 346 g/mol. The van der Waals surface area contributed by atoms with Crippen LogP contribution in [-0.2, 0) is 0 Å². The molecule has 4 rings (SSSR count). The highest BCUT2D eigenvalue weighted by Crippen LogP contribution is 2.24. The molecule has 1 aliphatic rings. The Kier molecular flexibility index (Phi) is 4.52. The molecule has 2 aromatic carbocycles. The van der Waals surface area contributed by atoms with Gasteiger partial charge in [-0.3, -0.25) is 4.79 Å². The van der Waals surface area contributed by atoms with Crippen LogP contribution < -0.4 is 0 Å². The number of aryl methyl sites for hydroxylation is 1. The fourth-order valence-electron chi connectivity index (χ4n) is 3.48. The quantitative estimate of drug-likeness (QED) is 0.726. The van der Waals surface area contributed by atoms with E-state index in [1.165, 1.54) is 11.1 Å². The van der Waals surface area contributed by atoms with Gasteiger partial charge in [-0.15, -0.1) is 5.10 Å². The van der Waals surface area contributed by atoms with Crippen molar-refractivity contribution < 1.29 is 4.79 Å². The van der Waals surface area contributed by atoms with Crippen LogP contribution in [0.5, 0.6) is 0 Å². The lowest BCUT2D eigenvalue weighted by atomic mass is 10.0. The highest BCUT2D eigenvalue weighted by atomic mass is 16.2. The number of nitrogens with zero attached hydrogens (tertiary/aromatic N) is 4. The van der Waals surface area contributed by atoms with E-state index in [0.29, 0.717) is 6.04 Å². The summed E-state index contributed by atoms with van der Waals surface area (Å²) in [6, 6.07) is 16.7. The molecule has 1 aromatic heterocycles. The molecule has 5 heteroatoms. The van der Waals surface area contributed by atoms with Crippen LogP contribution in [0.25, 0.3) is 11.1 Å². The Bertz CT molecular complexity index is 861. The minimum absolute atomic E-state index is 0.109. The number of carbonyl (C=O) groups is 1. The molecule has 0 unspecified atom stereocenters. The number of hydrogen-bond donors (Lipinski definition) is 0. The first-order chi connectivity index (χ1) is 12.7. The van der Waals surface area contributed by atoms with E-state index in [0.717, 1.165) is 37.1 Å². The molecule has 1 aliphatic heterocycles. The third kappa shape index (κ3) is 3.38. The van der Waals surface area contributed by atoms with Gasteiger partial charge in [-0.25, -0.2) is 4.68 Å². The summed E-state index contributed by atoms with van der Waals surface area (Å²) in [7, 11) is 0. The maximum Gasteiger partial charge on any atom is 0.253 e. The van der Waals surface area contributed by atoms with Gasteiger partial charge in [0, 0.05) is 24.8 Å². The fourth-order valence-corrected chi connectivity index (χ4v) is 3.48. The second-order valence-corrected chi connectivity index (χ2v) is 6.85. The van der Waals surface area contributed by atoms with E-state index in [-0.39, 0.29) is 5.91 Å². The van der Waals surface area contributed by atoms with Gasteiger partial charge in [-0.2, -0.15) is 0 Å². The summed E-state index contributed by atoms with van der Waals surface area (Å²) in [6.45, 7) is 3.59. The van der Waals surface area contributed by atoms with Crippen molar-refractivity contribution in [3.05, 3.63) is 72.1 Å². The van der Waals surface area contributed by atoms with Crippen LogP contribution in [0.2, 0.25) is 0 Å². The lowest BCUT2D eigenvalue weighted by molar-refractivity contribution is 0.0689. The number of carbonyl (C=O) groups excluding carboxylic acids is 1. The molecule has 1 fully saturated rings. The van der Waals surface area contributed by atoms with E-state index >= 15 is 0 Å². The minimum atomic E-state index is 0.109. The number of aromatic nitrogens is 3. The molecule has 1 saturated heterocycles. The van der Waals surface area contributed by atoms with Crippen LogP contribution in [0.4, 0.5) is 0 Å². The highest BCUT2D eigenvalue weighted by Gasteiger charge is 2.24. The highest BCUT2D eigenvalue weighted by molar-refractivity contribution is 5.94. The van der Waals surface area contributed by atoms with Crippen molar-refractivity contribution in [2.45, 2.75) is 25.8 Å². The number of likely N-dealkylation sites (tertiary alicyclic amines) is 1. The maximum atomic E-state index is 12.8. The van der Waals surface area contributed by atoms with E-state index in [9.17, 15) is 4.79 Å². The number of hydrogen-bond acceptors (Lipinski definition) is 3. The van der Waals surface area contributed by atoms with Gasteiger partial charge < -0.3 is 4.90 Å². The average molecular weight is 346 g/mol. The summed E-state index contributed by atoms with van der Waals surface area (Å²) in [6.07, 6.45) is 5.42. The Hall–Kier alpha value is -2.95. The van der Waals surface area contributed by atoms with Gasteiger partial charge in [0.15, 0.2) is 0 Å². The summed E-state index contributed by atoms with van der Waals surface area (Å²) in [5.41, 5.74) is 4.30. The van der Waals surface area contributed by atoms with E-state index in [4.69, 9.17) is 0 Å². The van der Waals surface area contributed by atoms with Crippen molar-refractivity contribution in [1.29, 1.82) is 0 Å². The Morgan fingerprint density at radius 3 is 2.15 bits per heavy atom. The van der Waals surface area contributed by atoms with E-state index < -0.39 is 0 Å². The van der Waals surface area contributed by atoms with Crippen LogP contribution in [0, 0.1) is 6.92 Å². The molecular weight excluding hydrogens is 324 g/mol. The molecule has 0 atom stereocenters. The molecule has 3 aromatic rings. The first-order valence-corrected chi connectivity index (χ1v) is 9.03. The van der Waals surface area contributed by atoms with Gasteiger partial charge in [0.1, 0.15) is 0 Å². The zero-order valence-electron chi connectivity index (χ0n) is 14.9. The van der Waals surface area contributed by atoms with Crippen molar-refractivity contribution in [3.63, 3.8) is 0 Å². The second-order valence-electron chi connectivity index (χ2n) is 6.85. The molecule has 0 saturated carbocycles. The first-order valence-electron chi connectivity index (χ1n) is 9.03. The van der Waals surface area contributed by atoms with Gasteiger partial charge in [0.05, 0.1) is 12.2 Å². The molecule has 0 bridgehead atoms. The van der Waals surface area contributed by atoms with Gasteiger partial charge in [-0.05, 0) is 43.0 Å². The molecule has 2 heterocycles. The summed E-state index contributed by atoms with van der Waals surface area (Å²) in [4.78, 5) is 14.7. The smallest absolute Gasteiger partial charge is 0.253 e. The average Bonchev–Trinajstić information content (AvgIpc) is 3.23. The Morgan fingerprint density at radius 2 is 1.58 bits per heavy atom. The van der Waals surface area contributed by atoms with Gasteiger partial charge in [-0.1, -0.05) is 47.2 Å². The van der Waals surface area contributed by atoms with Crippen molar-refractivity contribution in [2.24, 2.45) is 0 Å².